The minimum Gasteiger partial charge on any atom is -0.494 e. The summed E-state index contributed by atoms with van der Waals surface area (Å²) in [5.74, 6) is 1.65. The van der Waals surface area contributed by atoms with Crippen LogP contribution in [-0.4, -0.2) is 86.5 Å². The Morgan fingerprint density at radius 3 is 2.42 bits per heavy atom. The van der Waals surface area contributed by atoms with Gasteiger partial charge >= 0.3 is 0 Å². The smallest absolute Gasteiger partial charge is 0.254 e. The lowest BCUT2D eigenvalue weighted by molar-refractivity contribution is -0.119. The number of benzene rings is 2. The normalized spacial score (nSPS) is 15.3. The van der Waals surface area contributed by atoms with E-state index in [-0.39, 0.29) is 17.7 Å². The highest BCUT2D eigenvalue weighted by atomic mass is 16.5. The Morgan fingerprint density at radius 2 is 1.70 bits per heavy atom. The zero-order chi connectivity index (χ0) is 29.1. The van der Waals surface area contributed by atoms with E-state index in [1.165, 1.54) is 0 Å². The molecule has 220 valence electrons. The summed E-state index contributed by atoms with van der Waals surface area (Å²) in [6.45, 7) is 14.6. The first kappa shape index (κ1) is 31.6. The average molecular weight is 551 g/mol. The topological polar surface area (TPSA) is 56.3 Å². The first-order valence-electron chi connectivity index (χ1n) is 14.9. The number of rotatable bonds is 10. The second kappa shape index (κ2) is 15.8. The summed E-state index contributed by atoms with van der Waals surface area (Å²) < 4.78 is 5.97. The lowest BCUT2D eigenvalue weighted by Crippen LogP contribution is -2.40. The van der Waals surface area contributed by atoms with Gasteiger partial charge in [-0.2, -0.15) is 0 Å². The molecule has 40 heavy (non-hydrogen) atoms. The van der Waals surface area contributed by atoms with Gasteiger partial charge in [0.2, 0.25) is 5.91 Å². The Bertz CT molecular complexity index is 1080. The van der Waals surface area contributed by atoms with Crippen molar-refractivity contribution in [2.24, 2.45) is 11.8 Å². The number of hydrogen-bond acceptors (Lipinski definition) is 5. The summed E-state index contributed by atoms with van der Waals surface area (Å²) in [6, 6.07) is 15.6. The molecule has 0 spiro atoms. The van der Waals surface area contributed by atoms with Crippen LogP contribution in [0.4, 0.5) is 5.69 Å². The van der Waals surface area contributed by atoms with Crippen LogP contribution in [0.1, 0.15) is 62.9 Å². The van der Waals surface area contributed by atoms with E-state index < -0.39 is 0 Å². The van der Waals surface area contributed by atoms with Crippen molar-refractivity contribution >= 4 is 17.5 Å². The molecule has 0 atom stereocenters. The van der Waals surface area contributed by atoms with Gasteiger partial charge in [-0.15, -0.1) is 0 Å². The van der Waals surface area contributed by atoms with Crippen LogP contribution in [0.25, 0.3) is 0 Å². The Morgan fingerprint density at radius 1 is 0.925 bits per heavy atom. The van der Waals surface area contributed by atoms with E-state index in [4.69, 9.17) is 4.74 Å². The Labute approximate surface area is 242 Å². The molecule has 1 aliphatic rings. The van der Waals surface area contributed by atoms with E-state index in [1.54, 1.807) is 0 Å². The van der Waals surface area contributed by atoms with Crippen molar-refractivity contribution in [3.63, 3.8) is 0 Å². The van der Waals surface area contributed by atoms with Crippen LogP contribution in [0.2, 0.25) is 0 Å². The van der Waals surface area contributed by atoms with Gasteiger partial charge in [-0.05, 0) is 75.1 Å². The minimum atomic E-state index is -0.0163. The third-order valence-electron chi connectivity index (χ3n) is 7.08. The standard InChI is InChI=1S/C33H50N4O3/c1-26(2)22-32(38)37-18-10-17-35(24-27(3)4)19-20-36(25-29-12-7-8-15-31(29)37)33(39)28-13-9-14-30(23-28)40-21-11-16-34(5)6/h7-9,12-15,23,26-27H,10-11,16-22,24-25H2,1-6H3. The summed E-state index contributed by atoms with van der Waals surface area (Å²) in [5.41, 5.74) is 2.54. The van der Waals surface area contributed by atoms with E-state index in [0.29, 0.717) is 44.1 Å². The van der Waals surface area contributed by atoms with Crippen molar-refractivity contribution < 1.29 is 14.3 Å². The summed E-state index contributed by atoms with van der Waals surface area (Å²) in [5, 5.41) is 0. The predicted octanol–water partition coefficient (Wildman–Crippen LogP) is 5.40. The van der Waals surface area contributed by atoms with Crippen molar-refractivity contribution in [2.45, 2.75) is 53.5 Å². The molecule has 0 aromatic heterocycles. The van der Waals surface area contributed by atoms with Gasteiger partial charge in [-0.25, -0.2) is 0 Å². The Kier molecular flexibility index (Phi) is 12.5. The third kappa shape index (κ3) is 9.93. The molecule has 2 aromatic carbocycles. The number of carbonyl (C=O) groups excluding carboxylic acids is 2. The summed E-state index contributed by atoms with van der Waals surface area (Å²) in [6.07, 6.45) is 2.33. The van der Waals surface area contributed by atoms with Gasteiger partial charge in [0.15, 0.2) is 0 Å². The largest absolute Gasteiger partial charge is 0.494 e. The number of amides is 2. The molecular formula is C33H50N4O3. The highest BCUT2D eigenvalue weighted by Crippen LogP contribution is 2.26. The van der Waals surface area contributed by atoms with Crippen molar-refractivity contribution in [1.82, 2.24) is 14.7 Å². The average Bonchev–Trinajstić information content (AvgIpc) is 2.93. The summed E-state index contributed by atoms with van der Waals surface area (Å²) >= 11 is 0. The van der Waals surface area contributed by atoms with E-state index in [1.807, 2.05) is 52.3 Å². The maximum Gasteiger partial charge on any atom is 0.254 e. The lowest BCUT2D eigenvalue weighted by Gasteiger charge is -2.29. The van der Waals surface area contributed by atoms with Crippen LogP contribution in [0.5, 0.6) is 5.75 Å². The second-order valence-corrected chi connectivity index (χ2v) is 12.1. The van der Waals surface area contributed by atoms with Gasteiger partial charge in [-0.3, -0.25) is 9.59 Å². The maximum atomic E-state index is 14.0. The van der Waals surface area contributed by atoms with Crippen LogP contribution in [0, 0.1) is 11.8 Å². The molecule has 0 fully saturated rings. The van der Waals surface area contributed by atoms with Crippen molar-refractivity contribution in [3.8, 4) is 5.75 Å². The molecular weight excluding hydrogens is 500 g/mol. The second-order valence-electron chi connectivity index (χ2n) is 12.1. The van der Waals surface area contributed by atoms with Crippen LogP contribution in [0.3, 0.4) is 0 Å². The number of fused-ring (bicyclic) bond motifs is 1. The van der Waals surface area contributed by atoms with Crippen LogP contribution in [0.15, 0.2) is 48.5 Å². The quantitative estimate of drug-likeness (QED) is 0.371. The third-order valence-corrected chi connectivity index (χ3v) is 7.08. The lowest BCUT2D eigenvalue weighted by atomic mass is 10.1. The minimum absolute atomic E-state index is 0.0163. The monoisotopic (exact) mass is 550 g/mol. The number of anilines is 1. The highest BCUT2D eigenvalue weighted by Gasteiger charge is 2.25. The number of ether oxygens (including phenoxy) is 1. The fourth-order valence-corrected chi connectivity index (χ4v) is 5.20. The number of para-hydroxylation sites is 1. The van der Waals surface area contributed by atoms with Gasteiger partial charge in [0.05, 0.1) is 6.61 Å². The molecule has 0 saturated carbocycles. The van der Waals surface area contributed by atoms with E-state index in [0.717, 1.165) is 56.0 Å². The zero-order valence-electron chi connectivity index (χ0n) is 25.6. The molecule has 7 heteroatoms. The molecule has 0 N–H and O–H groups in total. The van der Waals surface area contributed by atoms with Crippen LogP contribution in [-0.2, 0) is 11.3 Å². The van der Waals surface area contributed by atoms with Gasteiger partial charge in [0.25, 0.3) is 5.91 Å². The predicted molar refractivity (Wildman–Crippen MR) is 164 cm³/mol. The zero-order valence-corrected chi connectivity index (χ0v) is 25.6. The number of hydrogen-bond donors (Lipinski definition) is 0. The Hall–Kier alpha value is -2.90. The van der Waals surface area contributed by atoms with Crippen molar-refractivity contribution in [1.29, 1.82) is 0 Å². The molecule has 0 saturated heterocycles. The fraction of sp³-hybridized carbons (Fsp3) is 0.576. The van der Waals surface area contributed by atoms with E-state index >= 15 is 0 Å². The molecule has 7 nitrogen and oxygen atoms in total. The summed E-state index contributed by atoms with van der Waals surface area (Å²) in [4.78, 5) is 35.9. The van der Waals surface area contributed by atoms with E-state index in [2.05, 4.69) is 57.7 Å². The fourth-order valence-electron chi connectivity index (χ4n) is 5.20. The molecule has 1 aliphatic heterocycles. The SMILES string of the molecule is CC(C)CC(=O)N1CCCN(CC(C)C)CCN(C(=O)c2cccc(OCCCN(C)C)c2)Cc2ccccc21. The van der Waals surface area contributed by atoms with E-state index in [9.17, 15) is 9.59 Å². The molecule has 2 amide bonds. The summed E-state index contributed by atoms with van der Waals surface area (Å²) in [7, 11) is 4.10. The molecule has 3 rings (SSSR count). The first-order chi connectivity index (χ1) is 19.1. The first-order valence-corrected chi connectivity index (χ1v) is 14.9. The van der Waals surface area contributed by atoms with Crippen molar-refractivity contribution in [2.75, 3.05) is 64.9 Å². The highest BCUT2D eigenvalue weighted by molar-refractivity contribution is 5.96. The van der Waals surface area contributed by atoms with Gasteiger partial charge < -0.3 is 24.3 Å². The number of carbonyl (C=O) groups is 2. The van der Waals surface area contributed by atoms with Crippen molar-refractivity contribution in [3.05, 3.63) is 59.7 Å². The molecule has 0 aliphatic carbocycles. The Balaban J connectivity index is 1.90. The molecule has 0 bridgehead atoms. The number of nitrogens with zero attached hydrogens (tertiary/aromatic N) is 4. The van der Waals surface area contributed by atoms with Gasteiger partial charge in [-0.1, -0.05) is 52.0 Å². The maximum absolute atomic E-state index is 14.0. The van der Waals surface area contributed by atoms with Crippen LogP contribution < -0.4 is 9.64 Å². The van der Waals surface area contributed by atoms with Gasteiger partial charge in [0, 0.05) is 56.9 Å². The molecule has 1 heterocycles. The molecule has 2 aromatic rings. The van der Waals surface area contributed by atoms with Gasteiger partial charge in [0.1, 0.15) is 5.75 Å². The molecule has 0 radical (unpaired) electrons. The van der Waals surface area contributed by atoms with Crippen LogP contribution >= 0.6 is 0 Å². The molecule has 0 unspecified atom stereocenters.